The molecule has 2 aromatic carbocycles. The van der Waals surface area contributed by atoms with Crippen LogP contribution in [0.4, 0.5) is 0 Å². The van der Waals surface area contributed by atoms with E-state index in [0.29, 0.717) is 12.0 Å². The molecule has 1 fully saturated rings. The highest BCUT2D eigenvalue weighted by molar-refractivity contribution is 9.10. The van der Waals surface area contributed by atoms with E-state index in [1.807, 2.05) is 0 Å². The van der Waals surface area contributed by atoms with Gasteiger partial charge in [-0.2, -0.15) is 0 Å². The molecule has 182 valence electrons. The van der Waals surface area contributed by atoms with Gasteiger partial charge in [-0.15, -0.1) is 0 Å². The number of carbonyl (C=O) groups is 3. The minimum absolute atomic E-state index is 0.0168. The first-order valence-corrected chi connectivity index (χ1v) is 16.1. The SMILES string of the molecule is CC(=O)Oc1cccc2c1C(=O)[C@@H]1CC=C3C[C@@](C)([Si](C)(C)c4ccccc4)CC[C@H]3[C@@]1(Br)C2=O. The molecule has 4 nitrogen and oxygen atoms in total. The quantitative estimate of drug-likeness (QED) is 0.149. The molecule has 3 aliphatic carbocycles. The fourth-order valence-corrected chi connectivity index (χ4v) is 10.9. The van der Waals surface area contributed by atoms with Gasteiger partial charge in [-0.1, -0.05) is 95.2 Å². The number of allylic oxidation sites excluding steroid dienone is 2. The monoisotopic (exact) mass is 550 g/mol. The van der Waals surface area contributed by atoms with Crippen LogP contribution in [-0.4, -0.2) is 29.9 Å². The van der Waals surface area contributed by atoms with Crippen molar-refractivity contribution in [3.05, 3.63) is 71.3 Å². The van der Waals surface area contributed by atoms with E-state index in [-0.39, 0.29) is 33.8 Å². The number of alkyl halides is 1. The molecule has 0 aromatic heterocycles. The summed E-state index contributed by atoms with van der Waals surface area (Å²) < 4.78 is 4.37. The van der Waals surface area contributed by atoms with Crippen LogP contribution in [0.3, 0.4) is 0 Å². The number of rotatable bonds is 3. The van der Waals surface area contributed by atoms with Crippen LogP contribution in [0.1, 0.15) is 60.2 Å². The lowest BCUT2D eigenvalue weighted by Gasteiger charge is -2.54. The predicted molar refractivity (Wildman–Crippen MR) is 144 cm³/mol. The van der Waals surface area contributed by atoms with Crippen LogP contribution in [0.5, 0.6) is 5.75 Å². The lowest BCUT2D eigenvalue weighted by atomic mass is 9.58. The molecule has 35 heavy (non-hydrogen) atoms. The van der Waals surface area contributed by atoms with Gasteiger partial charge in [0.1, 0.15) is 10.1 Å². The first kappa shape index (κ1) is 24.4. The number of benzene rings is 2. The van der Waals surface area contributed by atoms with Gasteiger partial charge < -0.3 is 4.74 Å². The summed E-state index contributed by atoms with van der Waals surface area (Å²) in [6.07, 6.45) is 5.58. The minimum atomic E-state index is -1.81. The van der Waals surface area contributed by atoms with Gasteiger partial charge in [0.15, 0.2) is 11.6 Å². The number of carbonyl (C=O) groups excluding carboxylic acids is 3. The van der Waals surface area contributed by atoms with Gasteiger partial charge in [0.05, 0.1) is 13.6 Å². The molecule has 1 saturated carbocycles. The summed E-state index contributed by atoms with van der Waals surface area (Å²) in [6.45, 7) is 8.64. The van der Waals surface area contributed by atoms with Gasteiger partial charge >= 0.3 is 5.97 Å². The van der Waals surface area contributed by atoms with Crippen LogP contribution in [0.15, 0.2) is 60.2 Å². The van der Waals surface area contributed by atoms with Gasteiger partial charge in [0.25, 0.3) is 0 Å². The number of hydrogen-bond acceptors (Lipinski definition) is 4. The first-order valence-electron chi connectivity index (χ1n) is 12.3. The maximum absolute atomic E-state index is 14.0. The van der Waals surface area contributed by atoms with Gasteiger partial charge in [-0.05, 0) is 36.8 Å². The van der Waals surface area contributed by atoms with Crippen molar-refractivity contribution in [2.45, 2.75) is 62.0 Å². The molecule has 2 aromatic rings. The fraction of sp³-hybridized carbons (Fsp3) is 0.414. The lowest BCUT2D eigenvalue weighted by Crippen LogP contribution is -2.59. The highest BCUT2D eigenvalue weighted by Crippen LogP contribution is 2.61. The maximum atomic E-state index is 14.0. The Hall–Kier alpha value is -2.31. The highest BCUT2D eigenvalue weighted by Gasteiger charge is 2.61. The van der Waals surface area contributed by atoms with E-state index >= 15 is 0 Å². The van der Waals surface area contributed by atoms with Crippen LogP contribution in [-0.2, 0) is 4.79 Å². The molecular formula is C29H31BrO4Si. The molecule has 0 heterocycles. The van der Waals surface area contributed by atoms with Crippen LogP contribution >= 0.6 is 15.9 Å². The predicted octanol–water partition coefficient (Wildman–Crippen LogP) is 6.25. The molecule has 4 atom stereocenters. The Labute approximate surface area is 216 Å². The van der Waals surface area contributed by atoms with Crippen molar-refractivity contribution in [3.63, 3.8) is 0 Å². The standard InChI is InChI=1S/C29H31BrO4Si/c1-18(31)34-24-12-8-11-21-25(24)26(32)23-14-13-19-17-28(2,16-15-22(19)29(23,30)27(21)33)35(3,4)20-9-6-5-7-10-20/h5-13,22-23H,14-17H2,1-4H3/t22-,23+,28+,29+/m1/s1. The molecule has 6 heteroatoms. The summed E-state index contributed by atoms with van der Waals surface area (Å²) in [5.41, 5.74) is 1.92. The van der Waals surface area contributed by atoms with Gasteiger partial charge in [-0.25, -0.2) is 0 Å². The average Bonchev–Trinajstić information content (AvgIpc) is 2.82. The Morgan fingerprint density at radius 1 is 1.06 bits per heavy atom. The molecular weight excluding hydrogens is 520 g/mol. The Bertz CT molecular complexity index is 1270. The minimum Gasteiger partial charge on any atom is -0.426 e. The third-order valence-electron chi connectivity index (χ3n) is 9.10. The summed E-state index contributed by atoms with van der Waals surface area (Å²) in [4.78, 5) is 39.4. The second-order valence-corrected chi connectivity index (χ2v) is 17.5. The smallest absolute Gasteiger partial charge is 0.308 e. The zero-order valence-corrected chi connectivity index (χ0v) is 23.3. The van der Waals surface area contributed by atoms with Gasteiger partial charge in [0.2, 0.25) is 0 Å². The van der Waals surface area contributed by atoms with E-state index in [1.54, 1.807) is 18.2 Å². The van der Waals surface area contributed by atoms with E-state index in [2.05, 4.69) is 72.4 Å². The number of fused-ring (bicyclic) bond motifs is 4. The van der Waals surface area contributed by atoms with Gasteiger partial charge in [-0.3, -0.25) is 14.4 Å². The van der Waals surface area contributed by atoms with Crippen molar-refractivity contribution >= 4 is 46.7 Å². The number of halogens is 1. The summed E-state index contributed by atoms with van der Waals surface area (Å²) in [7, 11) is -1.81. The van der Waals surface area contributed by atoms with E-state index in [1.165, 1.54) is 17.7 Å². The van der Waals surface area contributed by atoms with Crippen molar-refractivity contribution in [3.8, 4) is 5.75 Å². The molecule has 0 unspecified atom stereocenters. The molecule has 0 saturated heterocycles. The third kappa shape index (κ3) is 3.55. The van der Waals surface area contributed by atoms with E-state index < -0.39 is 24.3 Å². The van der Waals surface area contributed by atoms with E-state index in [4.69, 9.17) is 4.74 Å². The average molecular weight is 552 g/mol. The number of ketones is 2. The van der Waals surface area contributed by atoms with Crippen molar-refractivity contribution in [1.82, 2.24) is 0 Å². The summed E-state index contributed by atoms with van der Waals surface area (Å²) >= 11 is 3.89. The van der Waals surface area contributed by atoms with Crippen molar-refractivity contribution in [2.24, 2.45) is 11.8 Å². The summed E-state index contributed by atoms with van der Waals surface area (Å²) in [5, 5.41) is 1.62. The maximum Gasteiger partial charge on any atom is 0.308 e. The second kappa shape index (κ2) is 8.38. The van der Waals surface area contributed by atoms with Gasteiger partial charge in [0, 0.05) is 24.3 Å². The molecule has 0 spiro atoms. The fourth-order valence-electron chi connectivity index (χ4n) is 6.63. The summed E-state index contributed by atoms with van der Waals surface area (Å²) in [6, 6.07) is 15.8. The lowest BCUT2D eigenvalue weighted by molar-refractivity contribution is -0.131. The topological polar surface area (TPSA) is 60.4 Å². The molecule has 0 aliphatic heterocycles. The molecule has 0 amide bonds. The molecule has 0 N–H and O–H groups in total. The number of Topliss-reactive ketones (excluding diaryl/α,β-unsaturated/α-hetero) is 2. The second-order valence-electron chi connectivity index (χ2n) is 11.1. The Balaban J connectivity index is 1.53. The Morgan fingerprint density at radius 2 is 1.77 bits per heavy atom. The van der Waals surface area contributed by atoms with Crippen LogP contribution < -0.4 is 9.92 Å². The molecule has 5 rings (SSSR count). The number of ether oxygens (including phenoxy) is 1. The van der Waals surface area contributed by atoms with E-state index in [0.717, 1.165) is 19.3 Å². The Morgan fingerprint density at radius 3 is 2.46 bits per heavy atom. The van der Waals surface area contributed by atoms with E-state index in [9.17, 15) is 14.4 Å². The van der Waals surface area contributed by atoms with Crippen LogP contribution in [0.25, 0.3) is 0 Å². The number of esters is 1. The highest BCUT2D eigenvalue weighted by atomic mass is 79.9. The van der Waals surface area contributed by atoms with Crippen molar-refractivity contribution in [1.29, 1.82) is 0 Å². The van der Waals surface area contributed by atoms with Crippen LogP contribution in [0.2, 0.25) is 18.1 Å². The van der Waals surface area contributed by atoms with Crippen molar-refractivity contribution < 1.29 is 19.1 Å². The largest absolute Gasteiger partial charge is 0.426 e. The normalized spacial score (nSPS) is 30.0. The molecule has 0 bridgehead atoms. The molecule has 0 radical (unpaired) electrons. The zero-order chi connectivity index (χ0) is 25.2. The van der Waals surface area contributed by atoms with Crippen molar-refractivity contribution in [2.75, 3.05) is 0 Å². The molecule has 3 aliphatic rings. The summed E-state index contributed by atoms with van der Waals surface area (Å²) in [5.74, 6) is -1.02. The Kier molecular flexibility index (Phi) is 5.84. The first-order chi connectivity index (χ1) is 16.5. The third-order valence-corrected chi connectivity index (χ3v) is 15.8. The number of hydrogen-bond donors (Lipinski definition) is 0. The zero-order valence-electron chi connectivity index (χ0n) is 20.7. The van der Waals surface area contributed by atoms with Crippen LogP contribution in [0, 0.1) is 11.8 Å².